The lowest BCUT2D eigenvalue weighted by Gasteiger charge is -2.13. The number of amides is 1. The molecule has 0 saturated carbocycles. The summed E-state index contributed by atoms with van der Waals surface area (Å²) in [5.74, 6) is -0.918. The third kappa shape index (κ3) is 2.65. The molecule has 5 N–H and O–H groups in total. The number of nitrogen functional groups attached to an aromatic ring is 1. The predicted octanol–water partition coefficient (Wildman–Crippen LogP) is 2.56. The number of primary amides is 1. The molecule has 2 aromatic rings. The molecule has 98 valence electrons. The lowest BCUT2D eigenvalue weighted by Crippen LogP contribution is -2.11. The van der Waals surface area contributed by atoms with E-state index < -0.39 is 5.91 Å². The molecule has 0 bridgehead atoms. The topological polar surface area (TPSA) is 81.1 Å². The number of nitrogens with two attached hydrogens (primary N) is 2. The van der Waals surface area contributed by atoms with Gasteiger partial charge >= 0.3 is 0 Å². The molecule has 19 heavy (non-hydrogen) atoms. The number of hydrogen-bond acceptors (Lipinski definition) is 3. The number of carbonyl (C=O) groups is 1. The van der Waals surface area contributed by atoms with Crippen molar-refractivity contribution in [2.75, 3.05) is 11.1 Å². The van der Waals surface area contributed by atoms with Crippen LogP contribution in [0.3, 0.4) is 0 Å². The largest absolute Gasteiger partial charge is 0.397 e. The van der Waals surface area contributed by atoms with Crippen molar-refractivity contribution >= 4 is 23.0 Å². The minimum absolute atomic E-state index is 0.313. The number of nitrogens with one attached hydrogen (secondary N) is 1. The fraction of sp³-hybridized carbons (Fsp3) is 0.0714. The Morgan fingerprint density at radius 2 is 2.00 bits per heavy atom. The Bertz CT molecular complexity index is 620. The quantitative estimate of drug-likeness (QED) is 0.741. The highest BCUT2D eigenvalue weighted by Crippen LogP contribution is 2.27. The van der Waals surface area contributed by atoms with Crippen molar-refractivity contribution in [3.63, 3.8) is 0 Å². The first kappa shape index (κ1) is 12.9. The fourth-order valence-electron chi connectivity index (χ4n) is 1.75. The molecular weight excluding hydrogens is 245 g/mol. The average Bonchev–Trinajstić information content (AvgIpc) is 2.35. The number of para-hydroxylation sites is 1. The summed E-state index contributed by atoms with van der Waals surface area (Å²) in [6.07, 6.45) is 0. The number of anilines is 3. The molecule has 5 heteroatoms. The first-order valence-electron chi connectivity index (χ1n) is 5.70. The van der Waals surface area contributed by atoms with E-state index in [9.17, 15) is 9.18 Å². The van der Waals surface area contributed by atoms with Gasteiger partial charge in [-0.25, -0.2) is 4.39 Å². The lowest BCUT2D eigenvalue weighted by molar-refractivity contribution is 0.100. The molecule has 0 unspecified atom stereocenters. The van der Waals surface area contributed by atoms with Crippen LogP contribution >= 0.6 is 0 Å². The van der Waals surface area contributed by atoms with Crippen molar-refractivity contribution in [3.8, 4) is 0 Å². The standard InChI is InChI=1S/C14H14FN3O/c1-8-3-2-4-10(15)13(8)18-12-6-5-9(14(17)19)7-11(12)16/h2-7,18H,16H2,1H3,(H2,17,19). The maximum atomic E-state index is 13.7. The van der Waals surface area contributed by atoms with E-state index in [4.69, 9.17) is 11.5 Å². The van der Waals surface area contributed by atoms with E-state index in [2.05, 4.69) is 5.32 Å². The van der Waals surface area contributed by atoms with Crippen LogP contribution in [0.5, 0.6) is 0 Å². The number of rotatable bonds is 3. The molecule has 0 aliphatic carbocycles. The van der Waals surface area contributed by atoms with Gasteiger partial charge in [-0.15, -0.1) is 0 Å². The van der Waals surface area contributed by atoms with Gasteiger partial charge in [-0.3, -0.25) is 4.79 Å². The van der Waals surface area contributed by atoms with Gasteiger partial charge in [0.05, 0.1) is 17.1 Å². The van der Waals surface area contributed by atoms with Crippen LogP contribution in [0, 0.1) is 12.7 Å². The highest BCUT2D eigenvalue weighted by molar-refractivity contribution is 5.95. The predicted molar refractivity (Wildman–Crippen MR) is 73.8 cm³/mol. The van der Waals surface area contributed by atoms with Gasteiger partial charge in [0.2, 0.25) is 5.91 Å². The second-order valence-electron chi connectivity index (χ2n) is 4.22. The summed E-state index contributed by atoms with van der Waals surface area (Å²) in [7, 11) is 0. The van der Waals surface area contributed by atoms with Gasteiger partial charge in [-0.2, -0.15) is 0 Å². The fourth-order valence-corrected chi connectivity index (χ4v) is 1.75. The van der Waals surface area contributed by atoms with E-state index >= 15 is 0 Å². The molecule has 0 radical (unpaired) electrons. The van der Waals surface area contributed by atoms with Crippen molar-refractivity contribution in [1.82, 2.24) is 0 Å². The first-order valence-corrected chi connectivity index (χ1v) is 5.70. The Hall–Kier alpha value is -2.56. The maximum absolute atomic E-state index is 13.7. The number of benzene rings is 2. The molecule has 0 aliphatic heterocycles. The highest BCUT2D eigenvalue weighted by atomic mass is 19.1. The second-order valence-corrected chi connectivity index (χ2v) is 4.22. The Morgan fingerprint density at radius 3 is 2.58 bits per heavy atom. The van der Waals surface area contributed by atoms with Crippen molar-refractivity contribution in [3.05, 3.63) is 53.3 Å². The van der Waals surface area contributed by atoms with E-state index in [0.29, 0.717) is 22.6 Å². The van der Waals surface area contributed by atoms with E-state index in [1.807, 2.05) is 0 Å². The number of halogens is 1. The van der Waals surface area contributed by atoms with Crippen LogP contribution in [-0.4, -0.2) is 5.91 Å². The molecule has 0 atom stereocenters. The molecule has 1 amide bonds. The SMILES string of the molecule is Cc1cccc(F)c1Nc1ccc(C(N)=O)cc1N. The molecule has 0 saturated heterocycles. The van der Waals surface area contributed by atoms with Gasteiger partial charge in [0, 0.05) is 5.56 Å². The third-order valence-electron chi connectivity index (χ3n) is 2.82. The van der Waals surface area contributed by atoms with E-state index in [0.717, 1.165) is 5.56 Å². The van der Waals surface area contributed by atoms with E-state index in [-0.39, 0.29) is 5.82 Å². The molecule has 0 fully saturated rings. The maximum Gasteiger partial charge on any atom is 0.248 e. The van der Waals surface area contributed by atoms with Crippen molar-refractivity contribution in [2.24, 2.45) is 5.73 Å². The first-order chi connectivity index (χ1) is 8.99. The van der Waals surface area contributed by atoms with Gasteiger partial charge in [0.15, 0.2) is 0 Å². The summed E-state index contributed by atoms with van der Waals surface area (Å²) in [5.41, 5.74) is 13.3. The monoisotopic (exact) mass is 259 g/mol. The molecule has 0 aliphatic rings. The Kier molecular flexibility index (Phi) is 3.37. The Labute approximate surface area is 110 Å². The van der Waals surface area contributed by atoms with E-state index in [1.54, 1.807) is 25.1 Å². The highest BCUT2D eigenvalue weighted by Gasteiger charge is 2.09. The Morgan fingerprint density at radius 1 is 1.26 bits per heavy atom. The normalized spacial score (nSPS) is 10.2. The van der Waals surface area contributed by atoms with Crippen molar-refractivity contribution < 1.29 is 9.18 Å². The lowest BCUT2D eigenvalue weighted by atomic mass is 10.1. The van der Waals surface area contributed by atoms with Crippen LogP contribution in [-0.2, 0) is 0 Å². The summed E-state index contributed by atoms with van der Waals surface area (Å²) >= 11 is 0. The third-order valence-corrected chi connectivity index (χ3v) is 2.82. The Balaban J connectivity index is 2.36. The van der Waals surface area contributed by atoms with Crippen molar-refractivity contribution in [2.45, 2.75) is 6.92 Å². The smallest absolute Gasteiger partial charge is 0.248 e. The van der Waals surface area contributed by atoms with Gasteiger partial charge in [-0.05, 0) is 36.8 Å². The summed E-state index contributed by atoms with van der Waals surface area (Å²) < 4.78 is 13.7. The summed E-state index contributed by atoms with van der Waals surface area (Å²) in [6.45, 7) is 1.79. The van der Waals surface area contributed by atoms with Crippen LogP contribution in [0.2, 0.25) is 0 Å². The zero-order valence-corrected chi connectivity index (χ0v) is 10.4. The van der Waals surface area contributed by atoms with Gasteiger partial charge in [0.25, 0.3) is 0 Å². The number of aryl methyl sites for hydroxylation is 1. The molecule has 4 nitrogen and oxygen atoms in total. The summed E-state index contributed by atoms with van der Waals surface area (Å²) in [5, 5.41) is 2.92. The molecule has 0 aromatic heterocycles. The van der Waals surface area contributed by atoms with Crippen LogP contribution < -0.4 is 16.8 Å². The molecule has 0 spiro atoms. The van der Waals surface area contributed by atoms with Crippen LogP contribution in [0.4, 0.5) is 21.5 Å². The van der Waals surface area contributed by atoms with Gasteiger partial charge < -0.3 is 16.8 Å². The van der Waals surface area contributed by atoms with Gasteiger partial charge in [-0.1, -0.05) is 12.1 Å². The second kappa shape index (κ2) is 4.97. The van der Waals surface area contributed by atoms with Crippen LogP contribution in [0.1, 0.15) is 15.9 Å². The number of carbonyl (C=O) groups excluding carboxylic acids is 1. The zero-order valence-electron chi connectivity index (χ0n) is 10.4. The number of hydrogen-bond donors (Lipinski definition) is 3. The summed E-state index contributed by atoms with van der Waals surface area (Å²) in [6, 6.07) is 9.39. The molecular formula is C14H14FN3O. The minimum Gasteiger partial charge on any atom is -0.397 e. The van der Waals surface area contributed by atoms with Crippen LogP contribution in [0.25, 0.3) is 0 Å². The van der Waals surface area contributed by atoms with Crippen molar-refractivity contribution in [1.29, 1.82) is 0 Å². The average molecular weight is 259 g/mol. The molecule has 0 heterocycles. The van der Waals surface area contributed by atoms with Crippen LogP contribution in [0.15, 0.2) is 36.4 Å². The van der Waals surface area contributed by atoms with Gasteiger partial charge in [0.1, 0.15) is 5.82 Å². The molecule has 2 rings (SSSR count). The molecule has 2 aromatic carbocycles. The minimum atomic E-state index is -0.555. The summed E-state index contributed by atoms with van der Waals surface area (Å²) in [4.78, 5) is 11.0. The van der Waals surface area contributed by atoms with E-state index in [1.165, 1.54) is 18.2 Å². The zero-order chi connectivity index (χ0) is 14.0.